The van der Waals surface area contributed by atoms with Crippen LogP contribution < -0.4 is 5.32 Å². The van der Waals surface area contributed by atoms with Gasteiger partial charge >= 0.3 is 0 Å². The Bertz CT molecular complexity index is 542. The zero-order valence-corrected chi connectivity index (χ0v) is 10.8. The van der Waals surface area contributed by atoms with Gasteiger partial charge in [0, 0.05) is 11.6 Å². The molecule has 0 spiro atoms. The zero-order valence-electron chi connectivity index (χ0n) is 10.8. The monoisotopic (exact) mass is 247 g/mol. The van der Waals surface area contributed by atoms with Gasteiger partial charge in [-0.15, -0.1) is 0 Å². The highest BCUT2D eigenvalue weighted by Crippen LogP contribution is 2.18. The van der Waals surface area contributed by atoms with Gasteiger partial charge in [0.05, 0.1) is 18.5 Å². The van der Waals surface area contributed by atoms with Crippen molar-refractivity contribution in [1.29, 1.82) is 0 Å². The van der Waals surface area contributed by atoms with E-state index in [0.717, 1.165) is 12.0 Å². The van der Waals surface area contributed by atoms with Crippen molar-refractivity contribution in [2.45, 2.75) is 33.2 Å². The maximum absolute atomic E-state index is 12.0. The number of anilines is 1. The Labute approximate surface area is 106 Å². The normalized spacial score (nSPS) is 12.4. The van der Waals surface area contributed by atoms with Crippen LogP contribution in [0.2, 0.25) is 0 Å². The minimum Gasteiger partial charge on any atom is -0.459 e. The van der Waals surface area contributed by atoms with Gasteiger partial charge in [-0.25, -0.2) is 4.68 Å². The van der Waals surface area contributed by atoms with E-state index in [1.54, 1.807) is 23.0 Å². The Morgan fingerprint density at radius 2 is 2.33 bits per heavy atom. The number of carbonyl (C=O) groups is 1. The number of furan rings is 1. The van der Waals surface area contributed by atoms with Crippen LogP contribution in [0.1, 0.15) is 42.4 Å². The van der Waals surface area contributed by atoms with Crippen LogP contribution in [0, 0.1) is 6.92 Å². The van der Waals surface area contributed by atoms with Crippen molar-refractivity contribution in [1.82, 2.24) is 9.78 Å². The number of nitrogens with one attached hydrogen (secondary N) is 1. The molecule has 2 aromatic heterocycles. The lowest BCUT2D eigenvalue weighted by molar-refractivity contribution is 0.0994. The molecule has 0 aromatic carbocycles. The summed E-state index contributed by atoms with van der Waals surface area (Å²) in [5, 5.41) is 7.03. The fraction of sp³-hybridized carbons (Fsp3) is 0.385. The van der Waals surface area contributed by atoms with Crippen molar-refractivity contribution in [3.8, 4) is 0 Å². The molecule has 1 amide bonds. The summed E-state index contributed by atoms with van der Waals surface area (Å²) in [7, 11) is 0. The van der Waals surface area contributed by atoms with Crippen LogP contribution in [0.5, 0.6) is 0 Å². The molecule has 0 fully saturated rings. The van der Waals surface area contributed by atoms with Crippen molar-refractivity contribution in [3.63, 3.8) is 0 Å². The standard InChI is InChI=1S/C13H17N3O2/c1-4-10(3)16-11(5-7-14-16)15-13(17)12-9(2)6-8-18-12/h5-8,10H,4H2,1-3H3,(H,15,17). The van der Waals surface area contributed by atoms with Gasteiger partial charge in [-0.3, -0.25) is 4.79 Å². The topological polar surface area (TPSA) is 60.1 Å². The van der Waals surface area contributed by atoms with Crippen LogP contribution in [-0.4, -0.2) is 15.7 Å². The molecule has 0 aliphatic heterocycles. The third kappa shape index (κ3) is 2.30. The molecule has 2 heterocycles. The number of aryl methyl sites for hydroxylation is 1. The summed E-state index contributed by atoms with van der Waals surface area (Å²) in [6, 6.07) is 3.79. The van der Waals surface area contributed by atoms with Gasteiger partial charge in [-0.1, -0.05) is 6.92 Å². The van der Waals surface area contributed by atoms with Crippen molar-refractivity contribution in [3.05, 3.63) is 35.9 Å². The van der Waals surface area contributed by atoms with Gasteiger partial charge in [-0.2, -0.15) is 5.10 Å². The van der Waals surface area contributed by atoms with Crippen LogP contribution in [0.4, 0.5) is 5.82 Å². The maximum Gasteiger partial charge on any atom is 0.292 e. The SMILES string of the molecule is CCC(C)n1nccc1NC(=O)c1occc1C. The predicted molar refractivity (Wildman–Crippen MR) is 68.6 cm³/mol. The van der Waals surface area contributed by atoms with Crippen molar-refractivity contribution in [2.75, 3.05) is 5.32 Å². The largest absolute Gasteiger partial charge is 0.459 e. The molecule has 2 aromatic rings. The predicted octanol–water partition coefficient (Wildman–Crippen LogP) is 3.01. The summed E-state index contributed by atoms with van der Waals surface area (Å²) < 4.78 is 6.96. The van der Waals surface area contributed by atoms with E-state index < -0.39 is 0 Å². The molecule has 0 aliphatic rings. The van der Waals surface area contributed by atoms with Gasteiger partial charge in [-0.05, 0) is 26.3 Å². The van der Waals surface area contributed by atoms with Gasteiger partial charge in [0.1, 0.15) is 5.82 Å². The quantitative estimate of drug-likeness (QED) is 0.903. The first-order valence-corrected chi connectivity index (χ1v) is 6.02. The molecule has 1 atom stereocenters. The number of aromatic nitrogens is 2. The van der Waals surface area contributed by atoms with Crippen LogP contribution in [0.15, 0.2) is 29.0 Å². The van der Waals surface area contributed by atoms with Crippen molar-refractivity contribution < 1.29 is 9.21 Å². The summed E-state index contributed by atoms with van der Waals surface area (Å²) in [5.41, 5.74) is 0.821. The number of amides is 1. The Hall–Kier alpha value is -2.04. The average Bonchev–Trinajstić information content (AvgIpc) is 2.97. The number of carbonyl (C=O) groups excluding carboxylic acids is 1. The number of rotatable bonds is 4. The minimum absolute atomic E-state index is 0.244. The Kier molecular flexibility index (Phi) is 3.50. The molecule has 0 radical (unpaired) electrons. The summed E-state index contributed by atoms with van der Waals surface area (Å²) in [6.07, 6.45) is 4.14. The fourth-order valence-electron chi connectivity index (χ4n) is 1.72. The maximum atomic E-state index is 12.0. The molecule has 5 nitrogen and oxygen atoms in total. The smallest absolute Gasteiger partial charge is 0.292 e. The van der Waals surface area contributed by atoms with Crippen LogP contribution in [-0.2, 0) is 0 Å². The summed E-state index contributed by atoms with van der Waals surface area (Å²) in [6.45, 7) is 5.97. The number of nitrogens with zero attached hydrogens (tertiary/aromatic N) is 2. The molecule has 5 heteroatoms. The van der Waals surface area contributed by atoms with E-state index in [1.807, 2.05) is 6.92 Å². The second kappa shape index (κ2) is 5.08. The molecule has 1 unspecified atom stereocenters. The second-order valence-corrected chi connectivity index (χ2v) is 4.31. The highest BCUT2D eigenvalue weighted by Gasteiger charge is 2.16. The van der Waals surface area contributed by atoms with E-state index in [4.69, 9.17) is 4.42 Å². The van der Waals surface area contributed by atoms with E-state index in [-0.39, 0.29) is 11.9 Å². The molecule has 96 valence electrons. The average molecular weight is 247 g/mol. The van der Waals surface area contributed by atoms with Gasteiger partial charge in [0.15, 0.2) is 5.76 Å². The number of hydrogen-bond donors (Lipinski definition) is 1. The zero-order chi connectivity index (χ0) is 13.1. The fourth-order valence-corrected chi connectivity index (χ4v) is 1.72. The van der Waals surface area contributed by atoms with E-state index in [1.165, 1.54) is 6.26 Å². The molecule has 0 saturated carbocycles. The summed E-state index contributed by atoms with van der Waals surface area (Å²) in [5.74, 6) is 0.777. The van der Waals surface area contributed by atoms with Gasteiger partial charge in [0.25, 0.3) is 5.91 Å². The lowest BCUT2D eigenvalue weighted by Gasteiger charge is -2.13. The Morgan fingerprint density at radius 1 is 1.56 bits per heavy atom. The van der Waals surface area contributed by atoms with Crippen molar-refractivity contribution >= 4 is 11.7 Å². The molecule has 0 aliphatic carbocycles. The first kappa shape index (κ1) is 12.4. The Morgan fingerprint density at radius 3 is 2.94 bits per heavy atom. The first-order chi connectivity index (χ1) is 8.63. The molecule has 2 rings (SSSR count). The van der Waals surface area contributed by atoms with E-state index in [2.05, 4.69) is 24.3 Å². The van der Waals surface area contributed by atoms with Gasteiger partial charge in [0.2, 0.25) is 0 Å². The molecular weight excluding hydrogens is 230 g/mol. The van der Waals surface area contributed by atoms with E-state index in [9.17, 15) is 4.79 Å². The second-order valence-electron chi connectivity index (χ2n) is 4.31. The molecule has 18 heavy (non-hydrogen) atoms. The summed E-state index contributed by atoms with van der Waals surface area (Å²) in [4.78, 5) is 12.0. The third-order valence-corrected chi connectivity index (χ3v) is 2.99. The Balaban J connectivity index is 2.18. The van der Waals surface area contributed by atoms with Gasteiger partial charge < -0.3 is 9.73 Å². The van der Waals surface area contributed by atoms with E-state index >= 15 is 0 Å². The lowest BCUT2D eigenvalue weighted by atomic mass is 10.2. The molecule has 0 saturated heterocycles. The van der Waals surface area contributed by atoms with Crippen molar-refractivity contribution in [2.24, 2.45) is 0 Å². The molecule has 0 bridgehead atoms. The summed E-state index contributed by atoms with van der Waals surface area (Å²) >= 11 is 0. The number of hydrogen-bond acceptors (Lipinski definition) is 3. The minimum atomic E-state index is -0.248. The lowest BCUT2D eigenvalue weighted by Crippen LogP contribution is -2.17. The van der Waals surface area contributed by atoms with Crippen LogP contribution in [0.3, 0.4) is 0 Å². The first-order valence-electron chi connectivity index (χ1n) is 6.02. The third-order valence-electron chi connectivity index (χ3n) is 2.99. The van der Waals surface area contributed by atoms with Crippen LogP contribution >= 0.6 is 0 Å². The molecular formula is C13H17N3O2. The van der Waals surface area contributed by atoms with E-state index in [0.29, 0.717) is 11.6 Å². The molecule has 1 N–H and O–H groups in total. The highest BCUT2D eigenvalue weighted by atomic mass is 16.3. The highest BCUT2D eigenvalue weighted by molar-refractivity contribution is 6.02. The van der Waals surface area contributed by atoms with Crippen LogP contribution in [0.25, 0.3) is 0 Å².